The maximum Gasteiger partial charge on any atom is 0.241 e. The van der Waals surface area contributed by atoms with Gasteiger partial charge in [0.15, 0.2) is 0 Å². The molecule has 2 aromatic carbocycles. The van der Waals surface area contributed by atoms with Crippen LogP contribution in [0.1, 0.15) is 29.2 Å². The predicted molar refractivity (Wildman–Crippen MR) is 110 cm³/mol. The van der Waals surface area contributed by atoms with Gasteiger partial charge in [-0.25, -0.2) is 13.1 Å². The zero-order chi connectivity index (χ0) is 20.0. The zero-order valence-electron chi connectivity index (χ0n) is 16.5. The van der Waals surface area contributed by atoms with E-state index in [0.717, 1.165) is 11.1 Å². The Labute approximate surface area is 162 Å². The Morgan fingerprint density at radius 1 is 1.15 bits per heavy atom. The van der Waals surface area contributed by atoms with Crippen molar-refractivity contribution < 1.29 is 13.2 Å². The fourth-order valence-electron chi connectivity index (χ4n) is 3.12. The van der Waals surface area contributed by atoms with Crippen molar-refractivity contribution in [2.45, 2.75) is 45.1 Å². The third-order valence-electron chi connectivity index (χ3n) is 4.54. The SMILES string of the molecule is CC=C=C[C@H](Cc1ccccc1)NS(=O)(=O)c1c(C)cc(OC)c(C)c1C. The topological polar surface area (TPSA) is 55.4 Å². The average Bonchev–Trinajstić information content (AvgIpc) is 2.63. The molecule has 0 heterocycles. The minimum absolute atomic E-state index is 0.313. The lowest BCUT2D eigenvalue weighted by molar-refractivity contribution is 0.410. The first-order chi connectivity index (χ1) is 12.8. The average molecular weight is 386 g/mol. The summed E-state index contributed by atoms with van der Waals surface area (Å²) in [6, 6.07) is 11.2. The number of sulfonamides is 1. The largest absolute Gasteiger partial charge is 0.496 e. The van der Waals surface area contributed by atoms with Gasteiger partial charge in [0.25, 0.3) is 0 Å². The molecule has 1 N–H and O–H groups in total. The summed E-state index contributed by atoms with van der Waals surface area (Å²) in [6.07, 6.45) is 4.07. The van der Waals surface area contributed by atoms with Gasteiger partial charge in [0.2, 0.25) is 10.0 Å². The molecule has 0 saturated carbocycles. The highest BCUT2D eigenvalue weighted by molar-refractivity contribution is 7.89. The quantitative estimate of drug-likeness (QED) is 0.725. The highest BCUT2D eigenvalue weighted by Crippen LogP contribution is 2.30. The number of methoxy groups -OCH3 is 1. The van der Waals surface area contributed by atoms with Crippen molar-refractivity contribution >= 4 is 10.0 Å². The Hall–Kier alpha value is -2.33. The molecule has 0 fully saturated rings. The summed E-state index contributed by atoms with van der Waals surface area (Å²) in [5.41, 5.74) is 6.25. The van der Waals surface area contributed by atoms with E-state index in [0.29, 0.717) is 28.2 Å². The van der Waals surface area contributed by atoms with Gasteiger partial charge in [-0.3, -0.25) is 0 Å². The van der Waals surface area contributed by atoms with Crippen LogP contribution in [0.4, 0.5) is 0 Å². The monoisotopic (exact) mass is 385 g/mol. The molecule has 0 aromatic heterocycles. The lowest BCUT2D eigenvalue weighted by Gasteiger charge is -2.20. The highest BCUT2D eigenvalue weighted by atomic mass is 32.2. The summed E-state index contributed by atoms with van der Waals surface area (Å²) in [6.45, 7) is 7.32. The first-order valence-electron chi connectivity index (χ1n) is 8.88. The molecule has 0 amide bonds. The third kappa shape index (κ3) is 5.10. The van der Waals surface area contributed by atoms with Gasteiger partial charge in [-0.15, -0.1) is 5.73 Å². The minimum atomic E-state index is -3.71. The van der Waals surface area contributed by atoms with Crippen LogP contribution in [0.15, 0.2) is 59.2 Å². The molecule has 5 heteroatoms. The molecule has 27 heavy (non-hydrogen) atoms. The summed E-state index contributed by atoms with van der Waals surface area (Å²) < 4.78 is 34.5. The van der Waals surface area contributed by atoms with Crippen molar-refractivity contribution in [1.29, 1.82) is 0 Å². The first kappa shape index (κ1) is 21.0. The summed E-state index contributed by atoms with van der Waals surface area (Å²) >= 11 is 0. The van der Waals surface area contributed by atoms with Gasteiger partial charge < -0.3 is 4.74 Å². The molecule has 0 aliphatic carbocycles. The summed E-state index contributed by atoms with van der Waals surface area (Å²) in [4.78, 5) is 0.313. The second-order valence-electron chi connectivity index (χ2n) is 6.51. The second-order valence-corrected chi connectivity index (χ2v) is 8.17. The Kier molecular flexibility index (Phi) is 7.03. The number of nitrogens with one attached hydrogen (secondary N) is 1. The van der Waals surface area contributed by atoms with E-state index >= 15 is 0 Å². The van der Waals surface area contributed by atoms with Crippen LogP contribution in [0.2, 0.25) is 0 Å². The van der Waals surface area contributed by atoms with Crippen molar-refractivity contribution in [1.82, 2.24) is 4.72 Å². The van der Waals surface area contributed by atoms with E-state index in [9.17, 15) is 8.42 Å². The maximum atomic E-state index is 13.2. The van der Waals surface area contributed by atoms with Crippen LogP contribution < -0.4 is 9.46 Å². The van der Waals surface area contributed by atoms with Crippen LogP contribution in [0.25, 0.3) is 0 Å². The van der Waals surface area contributed by atoms with Gasteiger partial charge in [-0.2, -0.15) is 0 Å². The van der Waals surface area contributed by atoms with Crippen molar-refractivity contribution in [2.24, 2.45) is 0 Å². The number of ether oxygens (including phenoxy) is 1. The summed E-state index contributed by atoms with van der Waals surface area (Å²) in [5.74, 6) is 0.693. The maximum absolute atomic E-state index is 13.2. The molecule has 0 bridgehead atoms. The summed E-state index contributed by atoms with van der Waals surface area (Å²) in [7, 11) is -2.12. The second kappa shape index (κ2) is 9.05. The van der Waals surface area contributed by atoms with E-state index in [1.165, 1.54) is 0 Å². The molecular weight excluding hydrogens is 358 g/mol. The molecule has 0 radical (unpaired) electrons. The van der Waals surface area contributed by atoms with Crippen LogP contribution in [0, 0.1) is 20.8 Å². The van der Waals surface area contributed by atoms with Crippen LogP contribution in [-0.2, 0) is 16.4 Å². The van der Waals surface area contributed by atoms with Gasteiger partial charge in [0, 0.05) is 0 Å². The van der Waals surface area contributed by atoms with E-state index < -0.39 is 16.1 Å². The third-order valence-corrected chi connectivity index (χ3v) is 6.31. The molecule has 144 valence electrons. The molecule has 2 rings (SSSR count). The van der Waals surface area contributed by atoms with Crippen molar-refractivity contribution in [3.8, 4) is 5.75 Å². The number of benzene rings is 2. The van der Waals surface area contributed by atoms with Gasteiger partial charge in [0.05, 0.1) is 18.0 Å². The van der Waals surface area contributed by atoms with E-state index in [1.807, 2.05) is 51.1 Å². The summed E-state index contributed by atoms with van der Waals surface area (Å²) in [5, 5.41) is 0. The minimum Gasteiger partial charge on any atom is -0.496 e. The van der Waals surface area contributed by atoms with Crippen molar-refractivity contribution in [3.05, 3.63) is 76.5 Å². The van der Waals surface area contributed by atoms with Crippen LogP contribution in [-0.4, -0.2) is 21.6 Å². The fraction of sp³-hybridized carbons (Fsp3) is 0.318. The zero-order valence-corrected chi connectivity index (χ0v) is 17.4. The van der Waals surface area contributed by atoms with E-state index in [-0.39, 0.29) is 0 Å². The molecule has 2 aromatic rings. The van der Waals surface area contributed by atoms with Gasteiger partial charge in [-0.1, -0.05) is 30.3 Å². The van der Waals surface area contributed by atoms with Crippen molar-refractivity contribution in [2.75, 3.05) is 7.11 Å². The molecular formula is C22H27NO3S. The number of aryl methyl sites for hydroxylation is 1. The first-order valence-corrected chi connectivity index (χ1v) is 10.4. The molecule has 0 saturated heterocycles. The molecule has 0 aliphatic heterocycles. The van der Waals surface area contributed by atoms with E-state index in [2.05, 4.69) is 10.5 Å². The molecule has 0 aliphatic rings. The normalized spacial score (nSPS) is 12.2. The van der Waals surface area contributed by atoms with Crippen LogP contribution in [0.5, 0.6) is 5.75 Å². The molecule has 1 atom stereocenters. The lowest BCUT2D eigenvalue weighted by atomic mass is 10.1. The standard InChI is InChI=1S/C22H27NO3S/c1-6-7-13-20(15-19-11-9-8-10-12-19)23-27(24,25)22-16(2)14-21(26-5)17(3)18(22)4/h6,8-14,20,23H,15H2,1-5H3/t7?,20-/m1/s1. The van der Waals surface area contributed by atoms with Gasteiger partial charge >= 0.3 is 0 Å². The fourth-order valence-corrected chi connectivity index (χ4v) is 4.83. The van der Waals surface area contributed by atoms with E-state index in [1.54, 1.807) is 32.3 Å². The van der Waals surface area contributed by atoms with Gasteiger partial charge in [0.1, 0.15) is 5.75 Å². The van der Waals surface area contributed by atoms with Crippen LogP contribution >= 0.6 is 0 Å². The number of rotatable bonds is 7. The lowest BCUT2D eigenvalue weighted by Crippen LogP contribution is -2.35. The number of hydrogen-bond donors (Lipinski definition) is 1. The van der Waals surface area contributed by atoms with Crippen molar-refractivity contribution in [3.63, 3.8) is 0 Å². The molecule has 0 spiro atoms. The van der Waals surface area contributed by atoms with E-state index in [4.69, 9.17) is 4.74 Å². The Bertz CT molecular complexity index is 957. The van der Waals surface area contributed by atoms with Crippen LogP contribution in [0.3, 0.4) is 0 Å². The Balaban J connectivity index is 2.42. The number of hydrogen-bond acceptors (Lipinski definition) is 3. The Morgan fingerprint density at radius 3 is 2.41 bits per heavy atom. The van der Waals surface area contributed by atoms with Gasteiger partial charge in [-0.05, 0) is 74.6 Å². The molecule has 0 unspecified atom stereocenters. The predicted octanol–water partition coefficient (Wildman–Crippen LogP) is 4.24. The molecule has 4 nitrogen and oxygen atoms in total. The highest BCUT2D eigenvalue weighted by Gasteiger charge is 2.25. The Morgan fingerprint density at radius 2 is 1.81 bits per heavy atom. The smallest absolute Gasteiger partial charge is 0.241 e.